The van der Waals surface area contributed by atoms with Crippen molar-refractivity contribution in [3.05, 3.63) is 90.3 Å². The highest BCUT2D eigenvalue weighted by atomic mass is 16.5. The number of pyridine rings is 1. The van der Waals surface area contributed by atoms with Gasteiger partial charge in [-0.25, -0.2) is 0 Å². The molecule has 4 rings (SSSR count). The number of aromatic nitrogens is 1. The molecule has 32 heavy (non-hydrogen) atoms. The fourth-order valence-electron chi connectivity index (χ4n) is 3.59. The van der Waals surface area contributed by atoms with E-state index < -0.39 is 11.7 Å². The number of nitrogens with zero attached hydrogens (tertiary/aromatic N) is 1. The molecule has 0 unspecified atom stereocenters. The number of benzene rings is 2. The average Bonchev–Trinajstić information content (AvgIpc) is 3.22. The van der Waals surface area contributed by atoms with Crippen molar-refractivity contribution < 1.29 is 19.1 Å². The maximum absolute atomic E-state index is 13.2. The normalized spacial score (nSPS) is 10.7. The third-order valence-electron chi connectivity index (χ3n) is 5.19. The number of Topliss-reactive ketones (excluding diaryl/α,β-unsaturated/α-hetero) is 1. The van der Waals surface area contributed by atoms with Crippen molar-refractivity contribution in [1.29, 1.82) is 0 Å². The first-order valence-electron chi connectivity index (χ1n) is 10.4. The smallest absolute Gasteiger partial charge is 0.294 e. The largest absolute Gasteiger partial charge is 0.497 e. The summed E-state index contributed by atoms with van der Waals surface area (Å²) in [4.78, 5) is 26.0. The molecule has 0 fully saturated rings. The van der Waals surface area contributed by atoms with Crippen LogP contribution in [0.15, 0.2) is 79.0 Å². The van der Waals surface area contributed by atoms with Crippen molar-refractivity contribution >= 4 is 17.2 Å². The number of ketones is 1. The number of nitrogens with one attached hydrogen (secondary N) is 1. The zero-order chi connectivity index (χ0) is 22.5. The van der Waals surface area contributed by atoms with E-state index in [1.165, 1.54) is 0 Å². The second kappa shape index (κ2) is 9.39. The van der Waals surface area contributed by atoms with Crippen LogP contribution in [0.1, 0.15) is 23.0 Å². The number of hydrogen-bond acceptors (Lipinski definition) is 4. The van der Waals surface area contributed by atoms with Gasteiger partial charge in [0.1, 0.15) is 17.2 Å². The van der Waals surface area contributed by atoms with E-state index in [1.54, 1.807) is 17.7 Å². The molecule has 4 aromatic rings. The van der Waals surface area contributed by atoms with E-state index in [1.807, 2.05) is 79.7 Å². The molecule has 0 bridgehead atoms. The van der Waals surface area contributed by atoms with E-state index in [0.717, 1.165) is 28.1 Å². The van der Waals surface area contributed by atoms with E-state index in [0.29, 0.717) is 17.9 Å². The monoisotopic (exact) mass is 428 g/mol. The minimum Gasteiger partial charge on any atom is -0.497 e. The van der Waals surface area contributed by atoms with Crippen molar-refractivity contribution in [1.82, 2.24) is 9.72 Å². The van der Waals surface area contributed by atoms with Gasteiger partial charge >= 0.3 is 0 Å². The summed E-state index contributed by atoms with van der Waals surface area (Å²) in [5.74, 6) is 0.242. The van der Waals surface area contributed by atoms with Crippen LogP contribution in [-0.4, -0.2) is 29.8 Å². The molecule has 0 aliphatic heterocycles. The number of carbonyl (C=O) groups is 2. The molecule has 0 radical (unpaired) electrons. The van der Waals surface area contributed by atoms with Crippen molar-refractivity contribution in [2.75, 3.05) is 13.7 Å². The van der Waals surface area contributed by atoms with E-state index in [2.05, 4.69) is 5.32 Å². The first-order chi connectivity index (χ1) is 15.6. The van der Waals surface area contributed by atoms with Gasteiger partial charge in [0, 0.05) is 23.8 Å². The average molecular weight is 428 g/mol. The maximum atomic E-state index is 13.2. The van der Waals surface area contributed by atoms with Gasteiger partial charge < -0.3 is 19.2 Å². The minimum absolute atomic E-state index is 0.246. The van der Waals surface area contributed by atoms with E-state index >= 15 is 0 Å². The van der Waals surface area contributed by atoms with Crippen LogP contribution in [0, 0.1) is 0 Å². The predicted octanol–water partition coefficient (Wildman–Crippen LogP) is 4.51. The lowest BCUT2D eigenvalue weighted by Gasteiger charge is -2.09. The van der Waals surface area contributed by atoms with Gasteiger partial charge in [0.25, 0.3) is 11.7 Å². The molecule has 2 heterocycles. The van der Waals surface area contributed by atoms with Gasteiger partial charge in [-0.05, 0) is 60.5 Å². The summed E-state index contributed by atoms with van der Waals surface area (Å²) in [5, 5.41) is 2.73. The lowest BCUT2D eigenvalue weighted by Crippen LogP contribution is -2.31. The number of amides is 1. The highest BCUT2D eigenvalue weighted by molar-refractivity contribution is 6.43. The van der Waals surface area contributed by atoms with Gasteiger partial charge in [-0.2, -0.15) is 0 Å². The Kier molecular flexibility index (Phi) is 6.22. The van der Waals surface area contributed by atoms with Crippen LogP contribution in [0.5, 0.6) is 11.5 Å². The van der Waals surface area contributed by atoms with Gasteiger partial charge in [0.05, 0.1) is 13.7 Å². The van der Waals surface area contributed by atoms with Crippen LogP contribution < -0.4 is 14.8 Å². The predicted molar refractivity (Wildman–Crippen MR) is 123 cm³/mol. The molecular weight excluding hydrogens is 404 g/mol. The van der Waals surface area contributed by atoms with Crippen molar-refractivity contribution in [3.63, 3.8) is 0 Å². The fraction of sp³-hybridized carbons (Fsp3) is 0.154. The van der Waals surface area contributed by atoms with Crippen LogP contribution in [0.2, 0.25) is 0 Å². The Morgan fingerprint density at radius 2 is 1.66 bits per heavy atom. The first kappa shape index (κ1) is 21.2. The van der Waals surface area contributed by atoms with Gasteiger partial charge in [0.15, 0.2) is 0 Å². The van der Waals surface area contributed by atoms with Gasteiger partial charge in [-0.1, -0.05) is 30.3 Å². The number of rotatable bonds is 8. The minimum atomic E-state index is -0.656. The van der Waals surface area contributed by atoms with E-state index in [4.69, 9.17) is 9.47 Å². The highest BCUT2D eigenvalue weighted by Gasteiger charge is 2.24. The van der Waals surface area contributed by atoms with Crippen molar-refractivity contribution in [3.8, 4) is 22.6 Å². The molecule has 0 saturated carbocycles. The molecule has 6 heteroatoms. The second-order valence-corrected chi connectivity index (χ2v) is 7.22. The number of hydrogen-bond donors (Lipinski definition) is 1. The zero-order valence-corrected chi connectivity index (χ0v) is 18.0. The number of fused-ring (bicyclic) bond motifs is 1. The first-order valence-corrected chi connectivity index (χ1v) is 10.4. The SMILES string of the molecule is CCOc1ccc(-c2cc3ccccn3c2C(=O)C(=O)NCc2ccc(OC)cc2)cc1. The third kappa shape index (κ3) is 4.34. The van der Waals surface area contributed by atoms with E-state index in [9.17, 15) is 9.59 Å². The standard InChI is InChI=1S/C26H24N2O4/c1-3-32-22-13-9-19(10-14-22)23-16-20-6-4-5-15-28(20)24(23)25(29)26(30)27-17-18-7-11-21(31-2)12-8-18/h4-16H,3,17H2,1-2H3,(H,27,30). The molecule has 0 aliphatic rings. The van der Waals surface area contributed by atoms with Crippen LogP contribution in [0.4, 0.5) is 0 Å². The quantitative estimate of drug-likeness (QED) is 0.331. The van der Waals surface area contributed by atoms with Crippen LogP contribution in [0.25, 0.3) is 16.6 Å². The Morgan fingerprint density at radius 3 is 2.34 bits per heavy atom. The number of ether oxygens (including phenoxy) is 2. The zero-order valence-electron chi connectivity index (χ0n) is 18.0. The maximum Gasteiger partial charge on any atom is 0.294 e. The lowest BCUT2D eigenvalue weighted by molar-refractivity contribution is -0.117. The molecule has 2 aromatic heterocycles. The molecular formula is C26H24N2O4. The summed E-state index contributed by atoms with van der Waals surface area (Å²) in [7, 11) is 1.60. The Labute approximate surface area is 186 Å². The van der Waals surface area contributed by atoms with Crippen LogP contribution >= 0.6 is 0 Å². The summed E-state index contributed by atoms with van der Waals surface area (Å²) in [6, 6.07) is 22.4. The summed E-state index contributed by atoms with van der Waals surface area (Å²) in [5.41, 5.74) is 3.57. The molecule has 162 valence electrons. The Hall–Kier alpha value is -4.06. The van der Waals surface area contributed by atoms with Gasteiger partial charge in [-0.15, -0.1) is 0 Å². The van der Waals surface area contributed by atoms with Crippen molar-refractivity contribution in [2.45, 2.75) is 13.5 Å². The summed E-state index contributed by atoms with van der Waals surface area (Å²) < 4.78 is 12.4. The van der Waals surface area contributed by atoms with E-state index in [-0.39, 0.29) is 6.54 Å². The van der Waals surface area contributed by atoms with Gasteiger partial charge in [0.2, 0.25) is 0 Å². The summed E-state index contributed by atoms with van der Waals surface area (Å²) in [6.45, 7) is 2.75. The van der Waals surface area contributed by atoms with Crippen molar-refractivity contribution in [2.24, 2.45) is 0 Å². The number of methoxy groups -OCH3 is 1. The molecule has 0 saturated heterocycles. The molecule has 1 N–H and O–H groups in total. The number of carbonyl (C=O) groups excluding carboxylic acids is 2. The summed E-state index contributed by atoms with van der Waals surface area (Å²) >= 11 is 0. The Balaban J connectivity index is 1.62. The van der Waals surface area contributed by atoms with Crippen LogP contribution in [-0.2, 0) is 11.3 Å². The molecule has 0 spiro atoms. The molecule has 0 aliphatic carbocycles. The molecule has 6 nitrogen and oxygen atoms in total. The topological polar surface area (TPSA) is 69.0 Å². The Bertz CT molecular complexity index is 1240. The Morgan fingerprint density at radius 1 is 0.938 bits per heavy atom. The van der Waals surface area contributed by atoms with Gasteiger partial charge in [-0.3, -0.25) is 9.59 Å². The lowest BCUT2D eigenvalue weighted by atomic mass is 10.0. The second-order valence-electron chi connectivity index (χ2n) is 7.22. The summed E-state index contributed by atoms with van der Waals surface area (Å²) in [6.07, 6.45) is 1.79. The van der Waals surface area contributed by atoms with Crippen LogP contribution in [0.3, 0.4) is 0 Å². The third-order valence-corrected chi connectivity index (χ3v) is 5.19. The molecule has 0 atom stereocenters. The molecule has 2 aromatic carbocycles. The highest BCUT2D eigenvalue weighted by Crippen LogP contribution is 2.30. The molecule has 1 amide bonds. The fourth-order valence-corrected chi connectivity index (χ4v) is 3.59.